The number of aromatic nitrogens is 1. The van der Waals surface area contributed by atoms with E-state index in [9.17, 15) is 4.79 Å². The number of pyridine rings is 1. The van der Waals surface area contributed by atoms with Crippen molar-refractivity contribution >= 4 is 10.9 Å². The van der Waals surface area contributed by atoms with E-state index in [1.54, 1.807) is 6.07 Å². The van der Waals surface area contributed by atoms with Crippen LogP contribution in [0, 0.1) is 0 Å². The largest absolute Gasteiger partial charge is 0.494 e. The number of piperidine rings is 1. The molecule has 0 spiro atoms. The first kappa shape index (κ1) is 15.1. The Hall–Kier alpha value is -1.81. The molecule has 0 saturated carbocycles. The van der Waals surface area contributed by atoms with Crippen molar-refractivity contribution in [2.75, 3.05) is 13.2 Å². The van der Waals surface area contributed by atoms with Gasteiger partial charge >= 0.3 is 0 Å². The topological polar surface area (TPSA) is 43.3 Å². The maximum absolute atomic E-state index is 12.2. The monoisotopic (exact) mass is 300 g/mol. The molecule has 1 aromatic carbocycles. The summed E-state index contributed by atoms with van der Waals surface area (Å²) in [6.45, 7) is 4.50. The van der Waals surface area contributed by atoms with Gasteiger partial charge in [0, 0.05) is 24.0 Å². The number of aryl methyl sites for hydroxylation is 1. The summed E-state index contributed by atoms with van der Waals surface area (Å²) in [5.74, 6) is 0.856. The molecule has 1 aromatic heterocycles. The van der Waals surface area contributed by atoms with Crippen LogP contribution in [-0.2, 0) is 6.54 Å². The van der Waals surface area contributed by atoms with Crippen molar-refractivity contribution in [1.82, 2.24) is 9.88 Å². The van der Waals surface area contributed by atoms with Crippen molar-refractivity contribution in [3.8, 4) is 5.75 Å². The van der Waals surface area contributed by atoms with E-state index in [0.29, 0.717) is 12.6 Å². The van der Waals surface area contributed by atoms with Crippen LogP contribution in [0.25, 0.3) is 10.9 Å². The average Bonchev–Trinajstić information content (AvgIpc) is 2.55. The van der Waals surface area contributed by atoms with E-state index < -0.39 is 0 Å². The normalized spacial score (nSPS) is 18.5. The van der Waals surface area contributed by atoms with E-state index in [1.807, 2.05) is 35.8 Å². The van der Waals surface area contributed by atoms with Gasteiger partial charge in [-0.2, -0.15) is 0 Å². The van der Waals surface area contributed by atoms with Crippen LogP contribution in [0.2, 0.25) is 0 Å². The number of hydrogen-bond donors (Lipinski definition) is 1. The van der Waals surface area contributed by atoms with Crippen molar-refractivity contribution in [2.45, 2.75) is 45.2 Å². The molecule has 1 saturated heterocycles. The van der Waals surface area contributed by atoms with Gasteiger partial charge < -0.3 is 14.6 Å². The SMILES string of the molecule is CCOc1ccc2c(ccc(=O)n2CCC2CCCCN2)c1. The number of benzene rings is 1. The molecule has 118 valence electrons. The lowest BCUT2D eigenvalue weighted by Crippen LogP contribution is -2.35. The van der Waals surface area contributed by atoms with Crippen LogP contribution >= 0.6 is 0 Å². The molecule has 1 aliphatic rings. The highest BCUT2D eigenvalue weighted by Gasteiger charge is 2.13. The molecule has 0 bridgehead atoms. The van der Waals surface area contributed by atoms with Crippen molar-refractivity contribution in [3.63, 3.8) is 0 Å². The number of nitrogens with one attached hydrogen (secondary N) is 1. The molecular weight excluding hydrogens is 276 g/mol. The summed E-state index contributed by atoms with van der Waals surface area (Å²) in [5.41, 5.74) is 1.07. The van der Waals surface area contributed by atoms with E-state index in [-0.39, 0.29) is 5.56 Å². The fraction of sp³-hybridized carbons (Fsp3) is 0.500. The Balaban J connectivity index is 1.83. The summed E-state index contributed by atoms with van der Waals surface area (Å²) in [6, 6.07) is 10.0. The Kier molecular flexibility index (Phi) is 4.78. The highest BCUT2D eigenvalue weighted by Crippen LogP contribution is 2.20. The molecule has 1 aliphatic heterocycles. The second kappa shape index (κ2) is 6.97. The molecule has 0 aliphatic carbocycles. The molecule has 22 heavy (non-hydrogen) atoms. The molecular formula is C18H24N2O2. The van der Waals surface area contributed by atoms with Crippen molar-refractivity contribution < 1.29 is 4.74 Å². The van der Waals surface area contributed by atoms with E-state index in [0.717, 1.165) is 36.2 Å². The summed E-state index contributed by atoms with van der Waals surface area (Å²) in [5, 5.41) is 4.60. The van der Waals surface area contributed by atoms with E-state index in [1.165, 1.54) is 19.3 Å². The molecule has 0 radical (unpaired) electrons. The van der Waals surface area contributed by atoms with Gasteiger partial charge in [0.05, 0.1) is 12.1 Å². The van der Waals surface area contributed by atoms with E-state index in [4.69, 9.17) is 4.74 Å². The van der Waals surface area contributed by atoms with Crippen LogP contribution in [0.5, 0.6) is 5.75 Å². The van der Waals surface area contributed by atoms with Crippen LogP contribution in [0.15, 0.2) is 35.1 Å². The fourth-order valence-corrected chi connectivity index (χ4v) is 3.22. The first-order valence-electron chi connectivity index (χ1n) is 8.27. The van der Waals surface area contributed by atoms with Gasteiger partial charge in [-0.3, -0.25) is 4.79 Å². The Morgan fingerprint density at radius 3 is 2.95 bits per heavy atom. The maximum atomic E-state index is 12.2. The first-order valence-corrected chi connectivity index (χ1v) is 8.27. The zero-order valence-electron chi connectivity index (χ0n) is 13.2. The lowest BCUT2D eigenvalue weighted by atomic mass is 10.0. The Morgan fingerprint density at radius 2 is 2.18 bits per heavy atom. The van der Waals surface area contributed by atoms with Gasteiger partial charge in [-0.25, -0.2) is 0 Å². The van der Waals surface area contributed by atoms with E-state index in [2.05, 4.69) is 5.32 Å². The minimum atomic E-state index is 0.0764. The molecule has 1 atom stereocenters. The van der Waals surface area contributed by atoms with Crippen LogP contribution in [0.1, 0.15) is 32.6 Å². The maximum Gasteiger partial charge on any atom is 0.251 e. The number of nitrogens with zero attached hydrogens (tertiary/aromatic N) is 1. The van der Waals surface area contributed by atoms with Gasteiger partial charge in [0.1, 0.15) is 5.75 Å². The van der Waals surface area contributed by atoms with Gasteiger partial charge in [0.25, 0.3) is 5.56 Å². The summed E-state index contributed by atoms with van der Waals surface area (Å²) < 4.78 is 7.43. The molecule has 3 rings (SSSR count). The van der Waals surface area contributed by atoms with Gasteiger partial charge in [-0.05, 0) is 57.0 Å². The minimum Gasteiger partial charge on any atom is -0.494 e. The molecule has 4 heteroatoms. The first-order chi connectivity index (χ1) is 10.8. The van der Waals surface area contributed by atoms with Crippen LogP contribution in [-0.4, -0.2) is 23.8 Å². The molecule has 0 amide bonds. The van der Waals surface area contributed by atoms with Crippen molar-refractivity contribution in [1.29, 1.82) is 0 Å². The van der Waals surface area contributed by atoms with Gasteiger partial charge in [0.15, 0.2) is 0 Å². The number of rotatable bonds is 5. The molecule has 1 N–H and O–H groups in total. The van der Waals surface area contributed by atoms with Crippen LogP contribution in [0.3, 0.4) is 0 Å². The average molecular weight is 300 g/mol. The van der Waals surface area contributed by atoms with Gasteiger partial charge in [0.2, 0.25) is 0 Å². The Morgan fingerprint density at radius 1 is 1.27 bits per heavy atom. The third kappa shape index (κ3) is 3.33. The number of ether oxygens (including phenoxy) is 1. The quantitative estimate of drug-likeness (QED) is 0.923. The molecule has 2 heterocycles. The van der Waals surface area contributed by atoms with E-state index >= 15 is 0 Å². The zero-order valence-corrected chi connectivity index (χ0v) is 13.2. The number of hydrogen-bond acceptors (Lipinski definition) is 3. The van der Waals surface area contributed by atoms with Crippen molar-refractivity contribution in [3.05, 3.63) is 40.7 Å². The highest BCUT2D eigenvalue weighted by atomic mass is 16.5. The number of fused-ring (bicyclic) bond motifs is 1. The summed E-state index contributed by atoms with van der Waals surface area (Å²) >= 11 is 0. The summed E-state index contributed by atoms with van der Waals surface area (Å²) in [4.78, 5) is 12.2. The third-order valence-electron chi connectivity index (χ3n) is 4.39. The van der Waals surface area contributed by atoms with Gasteiger partial charge in [-0.15, -0.1) is 0 Å². The summed E-state index contributed by atoms with van der Waals surface area (Å²) in [6.07, 6.45) is 4.78. The Bertz CT molecular complexity index is 687. The second-order valence-electron chi connectivity index (χ2n) is 5.91. The third-order valence-corrected chi connectivity index (χ3v) is 4.39. The molecule has 2 aromatic rings. The highest BCUT2D eigenvalue weighted by molar-refractivity contribution is 5.80. The standard InChI is InChI=1S/C18H24N2O2/c1-2-22-16-7-8-17-14(13-16)6-9-18(21)20(17)12-10-15-5-3-4-11-19-15/h6-9,13,15,19H,2-5,10-12H2,1H3. The lowest BCUT2D eigenvalue weighted by molar-refractivity contribution is 0.340. The molecule has 1 fully saturated rings. The van der Waals surface area contributed by atoms with Crippen molar-refractivity contribution in [2.24, 2.45) is 0 Å². The molecule has 1 unspecified atom stereocenters. The predicted molar refractivity (Wildman–Crippen MR) is 89.6 cm³/mol. The van der Waals surface area contributed by atoms with Gasteiger partial charge in [-0.1, -0.05) is 6.42 Å². The van der Waals surface area contributed by atoms with Crippen LogP contribution < -0.4 is 15.6 Å². The van der Waals surface area contributed by atoms with Crippen LogP contribution in [0.4, 0.5) is 0 Å². The lowest BCUT2D eigenvalue weighted by Gasteiger charge is -2.24. The predicted octanol–water partition coefficient (Wildman–Crippen LogP) is 2.93. The molecule has 4 nitrogen and oxygen atoms in total. The summed E-state index contributed by atoms with van der Waals surface area (Å²) in [7, 11) is 0. The smallest absolute Gasteiger partial charge is 0.251 e. The second-order valence-corrected chi connectivity index (χ2v) is 5.91. The fourth-order valence-electron chi connectivity index (χ4n) is 3.22. The zero-order chi connectivity index (χ0) is 15.4. The Labute approximate surface area is 131 Å². The minimum absolute atomic E-state index is 0.0764.